The van der Waals surface area contributed by atoms with E-state index in [4.69, 9.17) is 5.11 Å². The topological polar surface area (TPSA) is 66.4 Å². The molecule has 1 amide bonds. The fraction of sp³-hybridized carbons (Fsp3) is 0.0476. The zero-order valence-electron chi connectivity index (χ0n) is 13.8. The Morgan fingerprint density at radius 1 is 0.885 bits per heavy atom. The molecule has 4 nitrogen and oxygen atoms in total. The zero-order valence-corrected chi connectivity index (χ0v) is 13.8. The smallest absolute Gasteiger partial charge is 0.307 e. The number of nitrogens with one attached hydrogen (secondary N) is 1. The van der Waals surface area contributed by atoms with Crippen molar-refractivity contribution < 1.29 is 19.1 Å². The Morgan fingerprint density at radius 2 is 1.65 bits per heavy atom. The van der Waals surface area contributed by atoms with Gasteiger partial charge >= 0.3 is 5.97 Å². The summed E-state index contributed by atoms with van der Waals surface area (Å²) in [6.07, 6.45) is -0.151. The number of carbonyl (C=O) groups excluding carboxylic acids is 1. The summed E-state index contributed by atoms with van der Waals surface area (Å²) >= 11 is 0. The maximum Gasteiger partial charge on any atom is 0.307 e. The van der Waals surface area contributed by atoms with Crippen LogP contribution in [0.3, 0.4) is 0 Å². The molecule has 0 atom stereocenters. The molecule has 0 unspecified atom stereocenters. The van der Waals surface area contributed by atoms with Gasteiger partial charge in [-0.15, -0.1) is 0 Å². The van der Waals surface area contributed by atoms with Crippen LogP contribution in [0.4, 0.5) is 10.1 Å². The molecule has 26 heavy (non-hydrogen) atoms. The summed E-state index contributed by atoms with van der Waals surface area (Å²) in [4.78, 5) is 23.3. The average molecular weight is 349 g/mol. The molecule has 3 aromatic carbocycles. The van der Waals surface area contributed by atoms with Crippen molar-refractivity contribution in [2.75, 3.05) is 5.32 Å². The first-order chi connectivity index (χ1) is 12.5. The molecule has 0 spiro atoms. The fourth-order valence-corrected chi connectivity index (χ4v) is 2.64. The summed E-state index contributed by atoms with van der Waals surface area (Å²) in [7, 11) is 0. The second-order valence-corrected chi connectivity index (χ2v) is 5.79. The Bertz CT molecular complexity index is 954. The number of hydrogen-bond donors (Lipinski definition) is 2. The lowest BCUT2D eigenvalue weighted by molar-refractivity contribution is -0.136. The molecule has 0 radical (unpaired) electrons. The third-order valence-electron chi connectivity index (χ3n) is 3.86. The zero-order chi connectivity index (χ0) is 18.5. The minimum Gasteiger partial charge on any atom is -0.481 e. The van der Waals surface area contributed by atoms with E-state index >= 15 is 0 Å². The van der Waals surface area contributed by atoms with E-state index < -0.39 is 17.7 Å². The highest BCUT2D eigenvalue weighted by atomic mass is 19.1. The Hall–Kier alpha value is -3.47. The van der Waals surface area contributed by atoms with Crippen LogP contribution < -0.4 is 5.32 Å². The highest BCUT2D eigenvalue weighted by Crippen LogP contribution is 2.23. The van der Waals surface area contributed by atoms with Gasteiger partial charge in [-0.3, -0.25) is 9.59 Å². The third kappa shape index (κ3) is 4.13. The minimum atomic E-state index is -0.963. The molecular formula is C21H16FNO3. The molecule has 0 saturated carbocycles. The number of carboxylic acid groups (broad SMARTS) is 1. The standard InChI is InChI=1S/C21H16FNO3/c22-19-10-9-16(15-6-2-1-3-7-15)13-18(19)21(26)23-17-8-4-5-14(11-17)12-20(24)25/h1-11,13H,12H2,(H,23,26)(H,24,25). The quantitative estimate of drug-likeness (QED) is 0.719. The van der Waals surface area contributed by atoms with Crippen LogP contribution in [0.15, 0.2) is 72.8 Å². The van der Waals surface area contributed by atoms with Crippen molar-refractivity contribution in [3.05, 3.63) is 89.7 Å². The molecule has 0 saturated heterocycles. The van der Waals surface area contributed by atoms with E-state index in [1.54, 1.807) is 30.3 Å². The van der Waals surface area contributed by atoms with Crippen LogP contribution in [0.25, 0.3) is 11.1 Å². The molecule has 0 aliphatic carbocycles. The first-order valence-corrected chi connectivity index (χ1v) is 8.00. The summed E-state index contributed by atoms with van der Waals surface area (Å²) in [5.74, 6) is -2.17. The number of aliphatic carboxylic acids is 1. The Morgan fingerprint density at radius 3 is 2.38 bits per heavy atom. The molecule has 0 aliphatic heterocycles. The molecule has 0 heterocycles. The molecule has 3 rings (SSSR count). The van der Waals surface area contributed by atoms with Gasteiger partial charge < -0.3 is 10.4 Å². The maximum atomic E-state index is 14.2. The van der Waals surface area contributed by atoms with Gasteiger partial charge in [-0.1, -0.05) is 48.5 Å². The fourth-order valence-electron chi connectivity index (χ4n) is 2.64. The van der Waals surface area contributed by atoms with Gasteiger partial charge in [0.15, 0.2) is 0 Å². The van der Waals surface area contributed by atoms with Crippen molar-refractivity contribution >= 4 is 17.6 Å². The number of rotatable bonds is 5. The maximum absolute atomic E-state index is 14.2. The normalized spacial score (nSPS) is 10.3. The second-order valence-electron chi connectivity index (χ2n) is 5.79. The van der Waals surface area contributed by atoms with Gasteiger partial charge in [0.2, 0.25) is 0 Å². The van der Waals surface area contributed by atoms with Crippen molar-refractivity contribution in [1.29, 1.82) is 0 Å². The predicted octanol–water partition coefficient (Wildman–Crippen LogP) is 4.37. The highest BCUT2D eigenvalue weighted by Gasteiger charge is 2.14. The van der Waals surface area contributed by atoms with Crippen LogP contribution in [0.2, 0.25) is 0 Å². The third-order valence-corrected chi connectivity index (χ3v) is 3.86. The van der Waals surface area contributed by atoms with Crippen molar-refractivity contribution in [2.45, 2.75) is 6.42 Å². The minimum absolute atomic E-state index is 0.0741. The van der Waals surface area contributed by atoms with Crippen molar-refractivity contribution in [2.24, 2.45) is 0 Å². The van der Waals surface area contributed by atoms with E-state index in [1.165, 1.54) is 12.1 Å². The van der Waals surface area contributed by atoms with Crippen LogP contribution in [0.1, 0.15) is 15.9 Å². The molecule has 2 N–H and O–H groups in total. The number of amides is 1. The van der Waals surface area contributed by atoms with Gasteiger partial charge in [0.05, 0.1) is 12.0 Å². The van der Waals surface area contributed by atoms with Crippen LogP contribution in [0, 0.1) is 5.82 Å². The van der Waals surface area contributed by atoms with E-state index in [0.717, 1.165) is 11.1 Å². The molecule has 3 aromatic rings. The first kappa shape index (κ1) is 17.4. The number of carbonyl (C=O) groups is 2. The molecule has 130 valence electrons. The lowest BCUT2D eigenvalue weighted by Gasteiger charge is -2.09. The predicted molar refractivity (Wildman–Crippen MR) is 97.6 cm³/mol. The summed E-state index contributed by atoms with van der Waals surface area (Å²) < 4.78 is 14.2. The summed E-state index contributed by atoms with van der Waals surface area (Å²) in [6.45, 7) is 0. The van der Waals surface area contributed by atoms with Crippen LogP contribution >= 0.6 is 0 Å². The summed E-state index contributed by atoms with van der Waals surface area (Å²) in [5, 5.41) is 11.5. The van der Waals surface area contributed by atoms with Crippen molar-refractivity contribution in [1.82, 2.24) is 0 Å². The molecule has 0 aliphatic rings. The van der Waals surface area contributed by atoms with Gasteiger partial charge in [-0.25, -0.2) is 4.39 Å². The summed E-state index contributed by atoms with van der Waals surface area (Å²) in [5.41, 5.74) is 2.50. The van der Waals surface area contributed by atoms with E-state index in [-0.39, 0.29) is 12.0 Å². The largest absolute Gasteiger partial charge is 0.481 e. The van der Waals surface area contributed by atoms with Gasteiger partial charge in [0.25, 0.3) is 5.91 Å². The second kappa shape index (κ2) is 7.61. The molecule has 0 aromatic heterocycles. The number of anilines is 1. The van der Waals surface area contributed by atoms with Gasteiger partial charge in [0.1, 0.15) is 5.82 Å². The highest BCUT2D eigenvalue weighted by molar-refractivity contribution is 6.05. The van der Waals surface area contributed by atoms with E-state index in [0.29, 0.717) is 11.3 Å². The summed E-state index contributed by atoms with van der Waals surface area (Å²) in [6, 6.07) is 20.2. The van der Waals surface area contributed by atoms with E-state index in [1.807, 2.05) is 30.3 Å². The van der Waals surface area contributed by atoms with Gasteiger partial charge in [-0.2, -0.15) is 0 Å². The van der Waals surface area contributed by atoms with Gasteiger partial charge in [0, 0.05) is 5.69 Å². The van der Waals surface area contributed by atoms with E-state index in [2.05, 4.69) is 5.32 Å². The van der Waals surface area contributed by atoms with Crippen molar-refractivity contribution in [3.63, 3.8) is 0 Å². The number of hydrogen-bond acceptors (Lipinski definition) is 2. The number of carboxylic acids is 1. The Labute approximate surface area is 149 Å². The number of halogens is 1. The lowest BCUT2D eigenvalue weighted by atomic mass is 10.0. The lowest BCUT2D eigenvalue weighted by Crippen LogP contribution is -2.14. The van der Waals surface area contributed by atoms with Crippen LogP contribution in [0.5, 0.6) is 0 Å². The van der Waals surface area contributed by atoms with Crippen molar-refractivity contribution in [3.8, 4) is 11.1 Å². The SMILES string of the molecule is O=C(O)Cc1cccc(NC(=O)c2cc(-c3ccccc3)ccc2F)c1. The molecule has 0 bridgehead atoms. The Balaban J connectivity index is 1.85. The Kier molecular flexibility index (Phi) is 5.08. The monoisotopic (exact) mass is 349 g/mol. The van der Waals surface area contributed by atoms with E-state index in [9.17, 15) is 14.0 Å². The average Bonchev–Trinajstić information content (AvgIpc) is 2.62. The van der Waals surface area contributed by atoms with Crippen LogP contribution in [-0.2, 0) is 11.2 Å². The van der Waals surface area contributed by atoms with Gasteiger partial charge in [-0.05, 0) is 41.0 Å². The number of benzene rings is 3. The first-order valence-electron chi connectivity index (χ1n) is 8.00. The molecule has 0 fully saturated rings. The van der Waals surface area contributed by atoms with Crippen LogP contribution in [-0.4, -0.2) is 17.0 Å². The molecule has 5 heteroatoms. The molecular weight excluding hydrogens is 333 g/mol.